The van der Waals surface area contributed by atoms with Gasteiger partial charge in [0.25, 0.3) is 0 Å². The Morgan fingerprint density at radius 1 is 1.12 bits per heavy atom. The first-order valence-electron chi connectivity index (χ1n) is 9.32. The van der Waals surface area contributed by atoms with Crippen LogP contribution in [0.3, 0.4) is 0 Å². The highest BCUT2D eigenvalue weighted by Gasteiger charge is 2.24. The second-order valence-corrected chi connectivity index (χ2v) is 6.96. The summed E-state index contributed by atoms with van der Waals surface area (Å²) < 4.78 is 0. The van der Waals surface area contributed by atoms with Crippen LogP contribution >= 0.6 is 0 Å². The summed E-state index contributed by atoms with van der Waals surface area (Å²) in [6.45, 7) is 1.20. The fourth-order valence-electron chi connectivity index (χ4n) is 3.74. The van der Waals surface area contributed by atoms with Crippen molar-refractivity contribution in [3.8, 4) is 0 Å². The zero-order valence-corrected chi connectivity index (χ0v) is 15.1. The van der Waals surface area contributed by atoms with Gasteiger partial charge in [-0.3, -0.25) is 9.69 Å². The Balaban J connectivity index is 1.44. The van der Waals surface area contributed by atoms with E-state index in [1.807, 2.05) is 6.07 Å². The predicted molar refractivity (Wildman–Crippen MR) is 103 cm³/mol. The van der Waals surface area contributed by atoms with Crippen molar-refractivity contribution >= 4 is 5.91 Å². The minimum Gasteiger partial charge on any atom is -0.355 e. The lowest BCUT2D eigenvalue weighted by Crippen LogP contribution is -2.38. The molecule has 25 heavy (non-hydrogen) atoms. The molecule has 2 aromatic carbocycles. The van der Waals surface area contributed by atoms with E-state index >= 15 is 0 Å². The standard InChI is InChI=1S/C22H28N2O/c1-24(21-15-7-13-19-12-5-6-14-20(19)21)17-22(25)23-16-8-11-18-9-3-2-4-10-18/h2-6,9-10,12,14,21H,7-8,11,13,15-17H2,1H3,(H,23,25). The summed E-state index contributed by atoms with van der Waals surface area (Å²) in [6.07, 6.45) is 5.48. The molecule has 0 fully saturated rings. The van der Waals surface area contributed by atoms with Crippen LogP contribution < -0.4 is 5.32 Å². The molecule has 132 valence electrons. The van der Waals surface area contributed by atoms with Crippen LogP contribution in [0.15, 0.2) is 54.6 Å². The maximum atomic E-state index is 12.3. The zero-order valence-electron chi connectivity index (χ0n) is 15.1. The second-order valence-electron chi connectivity index (χ2n) is 6.96. The molecule has 1 atom stereocenters. The monoisotopic (exact) mass is 336 g/mol. The highest BCUT2D eigenvalue weighted by Crippen LogP contribution is 2.33. The van der Waals surface area contributed by atoms with Crippen molar-refractivity contribution in [2.45, 2.75) is 38.1 Å². The molecule has 3 nitrogen and oxygen atoms in total. The molecular weight excluding hydrogens is 308 g/mol. The topological polar surface area (TPSA) is 32.3 Å². The Kier molecular flexibility index (Phi) is 6.24. The van der Waals surface area contributed by atoms with Crippen LogP contribution in [-0.4, -0.2) is 30.9 Å². The van der Waals surface area contributed by atoms with Gasteiger partial charge in [0.2, 0.25) is 5.91 Å². The Labute approximate surface area is 151 Å². The van der Waals surface area contributed by atoms with Crippen molar-refractivity contribution in [3.63, 3.8) is 0 Å². The van der Waals surface area contributed by atoms with Gasteiger partial charge in [-0.25, -0.2) is 0 Å². The minimum absolute atomic E-state index is 0.124. The molecule has 0 spiro atoms. The Morgan fingerprint density at radius 3 is 2.72 bits per heavy atom. The highest BCUT2D eigenvalue weighted by molar-refractivity contribution is 5.78. The first-order chi connectivity index (χ1) is 12.2. The number of amides is 1. The van der Waals surface area contributed by atoms with Crippen molar-refractivity contribution in [1.82, 2.24) is 10.2 Å². The fraction of sp³-hybridized carbons (Fsp3) is 0.409. The van der Waals surface area contributed by atoms with E-state index in [1.54, 1.807) is 0 Å². The van der Waals surface area contributed by atoms with Gasteiger partial charge < -0.3 is 5.32 Å². The van der Waals surface area contributed by atoms with Crippen LogP contribution in [0.4, 0.5) is 0 Å². The SMILES string of the molecule is CN(CC(=O)NCCCc1ccccc1)C1CCCc2ccccc21. The predicted octanol–water partition coefficient (Wildman–Crippen LogP) is 3.74. The molecule has 1 unspecified atom stereocenters. The third-order valence-electron chi connectivity index (χ3n) is 5.07. The highest BCUT2D eigenvalue weighted by atomic mass is 16.2. The molecule has 3 rings (SSSR count). The van der Waals surface area contributed by atoms with Gasteiger partial charge in [-0.1, -0.05) is 54.6 Å². The van der Waals surface area contributed by atoms with Crippen LogP contribution in [0.2, 0.25) is 0 Å². The van der Waals surface area contributed by atoms with Crippen molar-refractivity contribution in [3.05, 3.63) is 71.3 Å². The third-order valence-corrected chi connectivity index (χ3v) is 5.07. The molecule has 0 aromatic heterocycles. The van der Waals surface area contributed by atoms with Gasteiger partial charge in [-0.05, 0) is 55.8 Å². The van der Waals surface area contributed by atoms with Gasteiger partial charge >= 0.3 is 0 Å². The molecule has 1 aliphatic rings. The number of aryl methyl sites for hydroxylation is 2. The molecule has 0 heterocycles. The number of benzene rings is 2. The average molecular weight is 336 g/mol. The quantitative estimate of drug-likeness (QED) is 0.781. The van der Waals surface area contributed by atoms with E-state index in [2.05, 4.69) is 65.8 Å². The smallest absolute Gasteiger partial charge is 0.234 e. The Morgan fingerprint density at radius 2 is 1.88 bits per heavy atom. The van der Waals surface area contributed by atoms with E-state index in [0.29, 0.717) is 12.6 Å². The molecule has 1 N–H and O–H groups in total. The Bertz CT molecular complexity index is 683. The number of carbonyl (C=O) groups is 1. The van der Waals surface area contributed by atoms with Crippen molar-refractivity contribution in [2.75, 3.05) is 20.1 Å². The van der Waals surface area contributed by atoms with E-state index in [1.165, 1.54) is 23.1 Å². The molecule has 0 bridgehead atoms. The first kappa shape index (κ1) is 17.7. The number of nitrogens with zero attached hydrogens (tertiary/aromatic N) is 1. The molecule has 0 radical (unpaired) electrons. The zero-order chi connectivity index (χ0) is 17.5. The summed E-state index contributed by atoms with van der Waals surface area (Å²) in [4.78, 5) is 14.5. The maximum Gasteiger partial charge on any atom is 0.234 e. The van der Waals surface area contributed by atoms with Crippen LogP contribution in [0.5, 0.6) is 0 Å². The van der Waals surface area contributed by atoms with Crippen molar-refractivity contribution < 1.29 is 4.79 Å². The molecule has 2 aromatic rings. The number of nitrogens with one attached hydrogen (secondary N) is 1. The molecule has 1 aliphatic carbocycles. The van der Waals surface area contributed by atoms with E-state index in [4.69, 9.17) is 0 Å². The first-order valence-corrected chi connectivity index (χ1v) is 9.32. The molecule has 0 saturated carbocycles. The summed E-state index contributed by atoms with van der Waals surface area (Å²) in [5.74, 6) is 0.124. The maximum absolute atomic E-state index is 12.3. The van der Waals surface area contributed by atoms with Crippen molar-refractivity contribution in [1.29, 1.82) is 0 Å². The van der Waals surface area contributed by atoms with E-state index in [9.17, 15) is 4.79 Å². The van der Waals surface area contributed by atoms with E-state index in [0.717, 1.165) is 32.2 Å². The Hall–Kier alpha value is -2.13. The third kappa shape index (κ3) is 4.93. The lowest BCUT2D eigenvalue weighted by Gasteiger charge is -2.32. The summed E-state index contributed by atoms with van der Waals surface area (Å²) in [6, 6.07) is 19.4. The number of hydrogen-bond donors (Lipinski definition) is 1. The van der Waals surface area contributed by atoms with E-state index < -0.39 is 0 Å². The number of carbonyl (C=O) groups excluding carboxylic acids is 1. The largest absolute Gasteiger partial charge is 0.355 e. The number of hydrogen-bond acceptors (Lipinski definition) is 2. The molecule has 1 amide bonds. The number of likely N-dealkylation sites (N-methyl/N-ethyl adjacent to an activating group) is 1. The van der Waals surface area contributed by atoms with Gasteiger partial charge in [0.1, 0.15) is 0 Å². The van der Waals surface area contributed by atoms with Crippen molar-refractivity contribution in [2.24, 2.45) is 0 Å². The van der Waals surface area contributed by atoms with Crippen LogP contribution in [-0.2, 0) is 17.6 Å². The summed E-state index contributed by atoms with van der Waals surface area (Å²) >= 11 is 0. The van der Waals surface area contributed by atoms with Crippen LogP contribution in [0.25, 0.3) is 0 Å². The normalized spacial score (nSPS) is 16.5. The van der Waals surface area contributed by atoms with Crippen LogP contribution in [0.1, 0.15) is 42.0 Å². The van der Waals surface area contributed by atoms with Gasteiger partial charge in [0, 0.05) is 12.6 Å². The average Bonchev–Trinajstić information content (AvgIpc) is 2.65. The lowest BCUT2D eigenvalue weighted by molar-refractivity contribution is -0.122. The van der Waals surface area contributed by atoms with Gasteiger partial charge in [-0.2, -0.15) is 0 Å². The fourth-order valence-corrected chi connectivity index (χ4v) is 3.74. The summed E-state index contributed by atoms with van der Waals surface area (Å²) in [5.41, 5.74) is 4.16. The summed E-state index contributed by atoms with van der Waals surface area (Å²) in [7, 11) is 2.07. The van der Waals surface area contributed by atoms with Crippen LogP contribution in [0, 0.1) is 0 Å². The second kappa shape index (κ2) is 8.82. The number of rotatable bonds is 7. The minimum atomic E-state index is 0.124. The van der Waals surface area contributed by atoms with Gasteiger partial charge in [-0.15, -0.1) is 0 Å². The molecule has 3 heteroatoms. The van der Waals surface area contributed by atoms with Gasteiger partial charge in [0.05, 0.1) is 6.54 Å². The molecule has 0 aliphatic heterocycles. The van der Waals surface area contributed by atoms with E-state index in [-0.39, 0.29) is 5.91 Å². The summed E-state index contributed by atoms with van der Waals surface area (Å²) in [5, 5.41) is 3.07. The molecule has 0 saturated heterocycles. The van der Waals surface area contributed by atoms with Gasteiger partial charge in [0.15, 0.2) is 0 Å². The lowest BCUT2D eigenvalue weighted by atomic mass is 9.87. The molecular formula is C22H28N2O. The number of fused-ring (bicyclic) bond motifs is 1.